The standard InChI is InChI=1S/C16H12ClF4NO2/c1-2-23-15(22-17)10-7-8-13(18)12(9-10)11-5-3-4-6-14(11)24-16(19,20)21/h3-9H,2H2,1H3. The minimum absolute atomic E-state index is 0.0367. The summed E-state index contributed by atoms with van der Waals surface area (Å²) >= 11 is 5.43. The van der Waals surface area contributed by atoms with Crippen molar-refractivity contribution in [2.45, 2.75) is 13.3 Å². The summed E-state index contributed by atoms with van der Waals surface area (Å²) < 4.78 is 64.3. The van der Waals surface area contributed by atoms with Crippen molar-refractivity contribution in [2.75, 3.05) is 6.61 Å². The van der Waals surface area contributed by atoms with Gasteiger partial charge in [-0.1, -0.05) is 18.2 Å². The second-order valence-corrected chi connectivity index (χ2v) is 4.73. The topological polar surface area (TPSA) is 30.8 Å². The number of alkyl halides is 3. The first-order valence-electron chi connectivity index (χ1n) is 6.82. The van der Waals surface area contributed by atoms with Crippen molar-refractivity contribution in [3.63, 3.8) is 0 Å². The molecule has 0 amide bonds. The van der Waals surface area contributed by atoms with Crippen LogP contribution in [0.1, 0.15) is 12.5 Å². The van der Waals surface area contributed by atoms with E-state index >= 15 is 0 Å². The minimum atomic E-state index is -4.89. The van der Waals surface area contributed by atoms with E-state index in [0.29, 0.717) is 5.56 Å². The zero-order chi connectivity index (χ0) is 17.7. The minimum Gasteiger partial charge on any atom is -0.477 e. The molecule has 3 nitrogen and oxygen atoms in total. The summed E-state index contributed by atoms with van der Waals surface area (Å²) in [5, 5.41) is 0. The number of para-hydroxylation sites is 1. The second kappa shape index (κ2) is 7.53. The Morgan fingerprint density at radius 2 is 1.83 bits per heavy atom. The van der Waals surface area contributed by atoms with Crippen LogP contribution in [-0.2, 0) is 4.74 Å². The Balaban J connectivity index is 2.53. The average molecular weight is 362 g/mol. The number of hydrogen-bond acceptors (Lipinski definition) is 3. The lowest BCUT2D eigenvalue weighted by atomic mass is 10.0. The first-order valence-corrected chi connectivity index (χ1v) is 7.16. The van der Waals surface area contributed by atoms with Crippen LogP contribution in [0.5, 0.6) is 5.75 Å². The van der Waals surface area contributed by atoms with Gasteiger partial charge >= 0.3 is 6.36 Å². The molecule has 0 aliphatic rings. The fourth-order valence-electron chi connectivity index (χ4n) is 2.06. The maximum Gasteiger partial charge on any atom is 0.573 e. The van der Waals surface area contributed by atoms with E-state index in [2.05, 4.69) is 9.25 Å². The summed E-state index contributed by atoms with van der Waals surface area (Å²) in [7, 11) is 0. The van der Waals surface area contributed by atoms with Gasteiger partial charge < -0.3 is 9.47 Å². The van der Waals surface area contributed by atoms with E-state index in [4.69, 9.17) is 16.5 Å². The molecule has 24 heavy (non-hydrogen) atoms. The van der Waals surface area contributed by atoms with Crippen molar-refractivity contribution in [3.05, 3.63) is 53.8 Å². The van der Waals surface area contributed by atoms with Crippen LogP contribution in [0.15, 0.2) is 47.0 Å². The van der Waals surface area contributed by atoms with Crippen LogP contribution < -0.4 is 4.74 Å². The largest absolute Gasteiger partial charge is 0.573 e. The first kappa shape index (κ1) is 18.1. The SMILES string of the molecule is CCOC(=NCl)c1ccc(F)c(-c2ccccc2OC(F)(F)F)c1. The molecule has 0 radical (unpaired) electrons. The molecule has 2 aromatic rings. The fraction of sp³-hybridized carbons (Fsp3) is 0.188. The number of benzene rings is 2. The molecule has 0 unspecified atom stereocenters. The van der Waals surface area contributed by atoms with Gasteiger partial charge in [-0.3, -0.25) is 0 Å². The molecule has 0 aliphatic carbocycles. The Hall–Kier alpha value is -2.28. The summed E-state index contributed by atoms with van der Waals surface area (Å²) in [5.74, 6) is -1.20. The highest BCUT2D eigenvalue weighted by molar-refractivity contribution is 6.21. The molecule has 128 valence electrons. The van der Waals surface area contributed by atoms with E-state index in [1.54, 1.807) is 6.92 Å². The molecule has 0 aliphatic heterocycles. The molecular formula is C16H12ClF4NO2. The zero-order valence-electron chi connectivity index (χ0n) is 12.4. The summed E-state index contributed by atoms with van der Waals surface area (Å²) in [6.07, 6.45) is -4.89. The first-order chi connectivity index (χ1) is 11.4. The molecule has 0 atom stereocenters. The Bertz CT molecular complexity index is 747. The normalized spacial score (nSPS) is 12.2. The molecule has 2 aromatic carbocycles. The monoisotopic (exact) mass is 361 g/mol. The maximum absolute atomic E-state index is 14.2. The average Bonchev–Trinajstić information content (AvgIpc) is 2.52. The van der Waals surface area contributed by atoms with Crippen LogP contribution in [0.3, 0.4) is 0 Å². The molecule has 0 bridgehead atoms. The van der Waals surface area contributed by atoms with Crippen molar-refractivity contribution < 1.29 is 27.0 Å². The molecule has 8 heteroatoms. The third kappa shape index (κ3) is 4.38. The summed E-state index contributed by atoms with van der Waals surface area (Å²) in [6, 6.07) is 9.02. The molecule has 0 saturated heterocycles. The lowest BCUT2D eigenvalue weighted by molar-refractivity contribution is -0.274. The van der Waals surface area contributed by atoms with Gasteiger partial charge in [0, 0.05) is 28.5 Å². The van der Waals surface area contributed by atoms with E-state index in [9.17, 15) is 17.6 Å². The van der Waals surface area contributed by atoms with Gasteiger partial charge in [0.1, 0.15) is 11.6 Å². The van der Waals surface area contributed by atoms with Crippen molar-refractivity contribution in [3.8, 4) is 16.9 Å². The third-order valence-electron chi connectivity index (χ3n) is 2.97. The smallest absolute Gasteiger partial charge is 0.477 e. The predicted molar refractivity (Wildman–Crippen MR) is 82.5 cm³/mol. The van der Waals surface area contributed by atoms with Gasteiger partial charge in [0.2, 0.25) is 5.90 Å². The summed E-state index contributed by atoms with van der Waals surface area (Å²) in [5.41, 5.74) is 0.175. The predicted octanol–water partition coefficient (Wildman–Crippen LogP) is 5.33. The van der Waals surface area contributed by atoms with Gasteiger partial charge in [-0.15, -0.1) is 17.7 Å². The Morgan fingerprint density at radius 1 is 1.12 bits per heavy atom. The Kier molecular flexibility index (Phi) is 5.66. The highest BCUT2D eigenvalue weighted by atomic mass is 35.5. The van der Waals surface area contributed by atoms with Gasteiger partial charge in [0.15, 0.2) is 0 Å². The number of rotatable bonds is 4. The van der Waals surface area contributed by atoms with Gasteiger partial charge in [-0.05, 0) is 31.2 Å². The summed E-state index contributed by atoms with van der Waals surface area (Å²) in [4.78, 5) is 0. The van der Waals surface area contributed by atoms with Gasteiger partial charge in [0.25, 0.3) is 0 Å². The van der Waals surface area contributed by atoms with Crippen LogP contribution in [0.2, 0.25) is 0 Å². The van der Waals surface area contributed by atoms with E-state index in [1.165, 1.54) is 30.3 Å². The molecule has 0 aromatic heterocycles. The Labute approximate surface area is 140 Å². The van der Waals surface area contributed by atoms with Crippen LogP contribution in [-0.4, -0.2) is 18.9 Å². The Morgan fingerprint density at radius 3 is 2.46 bits per heavy atom. The molecule has 0 saturated carbocycles. The quantitative estimate of drug-likeness (QED) is 0.419. The van der Waals surface area contributed by atoms with Crippen molar-refractivity contribution in [1.82, 2.24) is 0 Å². The third-order valence-corrected chi connectivity index (χ3v) is 3.13. The number of hydrogen-bond donors (Lipinski definition) is 0. The van der Waals surface area contributed by atoms with Gasteiger partial charge in [-0.25, -0.2) is 4.39 Å². The van der Waals surface area contributed by atoms with Crippen LogP contribution in [0.4, 0.5) is 17.6 Å². The van der Waals surface area contributed by atoms with Crippen molar-refractivity contribution in [1.29, 1.82) is 0 Å². The second-order valence-electron chi connectivity index (χ2n) is 4.56. The van der Waals surface area contributed by atoms with E-state index in [-0.39, 0.29) is 23.6 Å². The molecule has 0 N–H and O–H groups in total. The highest BCUT2D eigenvalue weighted by Crippen LogP contribution is 2.35. The molecule has 2 rings (SSSR count). The molecule has 0 fully saturated rings. The zero-order valence-corrected chi connectivity index (χ0v) is 13.2. The van der Waals surface area contributed by atoms with E-state index < -0.39 is 17.9 Å². The lowest BCUT2D eigenvalue weighted by Gasteiger charge is -2.14. The lowest BCUT2D eigenvalue weighted by Crippen LogP contribution is -2.17. The van der Waals surface area contributed by atoms with Crippen LogP contribution in [0, 0.1) is 5.82 Å². The fourth-order valence-corrected chi connectivity index (χ4v) is 2.21. The number of ether oxygens (including phenoxy) is 2. The van der Waals surface area contributed by atoms with Gasteiger partial charge in [-0.2, -0.15) is 0 Å². The van der Waals surface area contributed by atoms with Crippen LogP contribution >= 0.6 is 11.8 Å². The highest BCUT2D eigenvalue weighted by Gasteiger charge is 2.32. The van der Waals surface area contributed by atoms with Crippen LogP contribution in [0.25, 0.3) is 11.1 Å². The molecule has 0 heterocycles. The van der Waals surface area contributed by atoms with E-state index in [1.807, 2.05) is 0 Å². The van der Waals surface area contributed by atoms with Crippen molar-refractivity contribution in [2.24, 2.45) is 4.51 Å². The van der Waals surface area contributed by atoms with E-state index in [0.717, 1.165) is 12.1 Å². The van der Waals surface area contributed by atoms with Gasteiger partial charge in [0.05, 0.1) is 6.61 Å². The molecular weight excluding hydrogens is 350 g/mol. The summed E-state index contributed by atoms with van der Waals surface area (Å²) in [6.45, 7) is 1.98. The number of nitrogens with zero attached hydrogens (tertiary/aromatic N) is 1. The number of halogens is 5. The maximum atomic E-state index is 14.2. The molecule has 0 spiro atoms. The van der Waals surface area contributed by atoms with Crippen molar-refractivity contribution >= 4 is 17.7 Å².